The van der Waals surface area contributed by atoms with Crippen LogP contribution in [0.4, 0.5) is 0 Å². The average Bonchev–Trinajstić information content (AvgIpc) is 3.44. The highest BCUT2D eigenvalue weighted by molar-refractivity contribution is 5.71. The molecule has 0 N–H and O–H groups in total. The summed E-state index contributed by atoms with van der Waals surface area (Å²) in [6.45, 7) is 6.55. The van der Waals surface area contributed by atoms with Crippen molar-refractivity contribution in [2.24, 2.45) is 0 Å². The molecule has 0 amide bonds. The molecule has 0 aliphatic rings. The summed E-state index contributed by atoms with van der Waals surface area (Å²) in [7, 11) is 0. The molecule has 1 atom stereocenters. The first kappa shape index (κ1) is 74.6. The van der Waals surface area contributed by atoms with Crippen molar-refractivity contribution in [3.63, 3.8) is 0 Å². The van der Waals surface area contributed by atoms with Gasteiger partial charge in [0.15, 0.2) is 6.10 Å². The van der Waals surface area contributed by atoms with Crippen molar-refractivity contribution in [1.82, 2.24) is 0 Å². The van der Waals surface area contributed by atoms with E-state index in [1.165, 1.54) is 186 Å². The topological polar surface area (TPSA) is 78.9 Å². The van der Waals surface area contributed by atoms with Crippen molar-refractivity contribution in [1.29, 1.82) is 0 Å². The molecule has 0 spiro atoms. The fourth-order valence-electron chi connectivity index (χ4n) is 9.66. The predicted molar refractivity (Wildman–Crippen MR) is 339 cm³/mol. The maximum Gasteiger partial charge on any atom is 0.306 e. The number of hydrogen-bond acceptors (Lipinski definition) is 6. The monoisotopic (exact) mass is 1090 g/mol. The smallest absolute Gasteiger partial charge is 0.306 e. The molecule has 6 nitrogen and oxygen atoms in total. The summed E-state index contributed by atoms with van der Waals surface area (Å²) in [6, 6.07) is 0. The van der Waals surface area contributed by atoms with E-state index < -0.39 is 6.10 Å². The van der Waals surface area contributed by atoms with Gasteiger partial charge in [-0.1, -0.05) is 324 Å². The molecule has 1 unspecified atom stereocenters. The highest BCUT2D eigenvalue weighted by Crippen LogP contribution is 2.17. The number of hydrogen-bond donors (Lipinski definition) is 0. The molecule has 78 heavy (non-hydrogen) atoms. The van der Waals surface area contributed by atoms with Crippen LogP contribution in [0.1, 0.15) is 335 Å². The van der Waals surface area contributed by atoms with Crippen molar-refractivity contribution >= 4 is 17.9 Å². The maximum atomic E-state index is 12.9. The van der Waals surface area contributed by atoms with E-state index in [-0.39, 0.29) is 31.1 Å². The number of carbonyl (C=O) groups excluding carboxylic acids is 3. The summed E-state index contributed by atoms with van der Waals surface area (Å²) in [5, 5.41) is 0. The molecule has 0 aliphatic heterocycles. The molecule has 450 valence electrons. The fraction of sp³-hybridized carbons (Fsp3) is 0.764. The minimum Gasteiger partial charge on any atom is -0.462 e. The Hall–Kier alpha value is -3.41. The van der Waals surface area contributed by atoms with Crippen LogP contribution in [0.15, 0.2) is 85.1 Å². The Bertz CT molecular complexity index is 1480. The van der Waals surface area contributed by atoms with Gasteiger partial charge in [-0.25, -0.2) is 0 Å². The van der Waals surface area contributed by atoms with Crippen LogP contribution in [0.25, 0.3) is 0 Å². The molecule has 0 bridgehead atoms. The predicted octanol–water partition coefficient (Wildman–Crippen LogP) is 23.1. The van der Waals surface area contributed by atoms with Crippen LogP contribution in [-0.2, 0) is 28.6 Å². The van der Waals surface area contributed by atoms with Crippen LogP contribution in [0.3, 0.4) is 0 Å². The molecule has 0 aromatic rings. The van der Waals surface area contributed by atoms with E-state index in [1.54, 1.807) is 0 Å². The second-order valence-corrected chi connectivity index (χ2v) is 22.4. The van der Waals surface area contributed by atoms with Gasteiger partial charge in [0.25, 0.3) is 0 Å². The SMILES string of the molecule is CC/C=C\C/C=C\C/C=C\C/C=C\C/C=C\C/C=C\C/C=C\CCCCCC(=O)OCC(COC(=O)CCCCCCCCCCCCCCCCCC)OC(=O)CCCCCCCCCCCCCCCCCCCCC. The lowest BCUT2D eigenvalue weighted by molar-refractivity contribution is -0.167. The van der Waals surface area contributed by atoms with Crippen molar-refractivity contribution in [3.05, 3.63) is 85.1 Å². The number of esters is 3. The standard InChI is InChI=1S/C72H126O6/c1-4-7-10-13-16-19-22-25-28-31-33-34-35-36-37-38-40-41-44-47-50-53-56-59-62-65-71(74)77-68-69(67-76-70(73)64-61-58-55-52-49-46-43-30-27-24-21-18-15-12-9-6-3)78-72(75)66-63-60-57-54-51-48-45-42-39-32-29-26-23-20-17-14-11-8-5-2/h7,10,16,19,25,28,33-34,36-37,40-41,47,50,69H,4-6,8-9,11-15,17-18,20-24,26-27,29-32,35,38-39,42-46,48-49,51-68H2,1-3H3/b10-7-,19-16-,28-25-,34-33-,37-36-,41-40-,50-47-. The van der Waals surface area contributed by atoms with Crippen LogP contribution in [-0.4, -0.2) is 37.2 Å². The van der Waals surface area contributed by atoms with Gasteiger partial charge in [0.05, 0.1) is 0 Å². The molecule has 0 rings (SSSR count). The molecule has 0 saturated carbocycles. The molecule has 0 fully saturated rings. The van der Waals surface area contributed by atoms with Gasteiger partial charge in [0.1, 0.15) is 13.2 Å². The fourth-order valence-corrected chi connectivity index (χ4v) is 9.66. The summed E-state index contributed by atoms with van der Waals surface area (Å²) in [6.07, 6.45) is 87.3. The third-order valence-corrected chi connectivity index (χ3v) is 14.7. The number of allylic oxidation sites excluding steroid dienone is 14. The third kappa shape index (κ3) is 63.4. The van der Waals surface area contributed by atoms with E-state index in [9.17, 15) is 14.4 Å². The Kier molecular flexibility index (Phi) is 63.2. The lowest BCUT2D eigenvalue weighted by Gasteiger charge is -2.18. The van der Waals surface area contributed by atoms with Crippen molar-refractivity contribution in [2.75, 3.05) is 13.2 Å². The minimum absolute atomic E-state index is 0.0825. The van der Waals surface area contributed by atoms with E-state index in [2.05, 4.69) is 106 Å². The lowest BCUT2D eigenvalue weighted by Crippen LogP contribution is -2.30. The molecule has 0 saturated heterocycles. The minimum atomic E-state index is -0.789. The zero-order valence-electron chi connectivity index (χ0n) is 51.7. The molecule has 0 aromatic heterocycles. The zero-order valence-corrected chi connectivity index (χ0v) is 51.7. The first-order valence-corrected chi connectivity index (χ1v) is 33.6. The van der Waals surface area contributed by atoms with Crippen LogP contribution in [0.2, 0.25) is 0 Å². The van der Waals surface area contributed by atoms with Crippen molar-refractivity contribution < 1.29 is 28.6 Å². The molecule has 0 aliphatic carbocycles. The highest BCUT2D eigenvalue weighted by Gasteiger charge is 2.19. The quantitative estimate of drug-likeness (QED) is 0.0261. The Morgan fingerprint density at radius 2 is 0.500 bits per heavy atom. The molecular weight excluding hydrogens is 961 g/mol. The van der Waals surface area contributed by atoms with Gasteiger partial charge in [-0.3, -0.25) is 14.4 Å². The number of unbranched alkanes of at least 4 members (excludes halogenated alkanes) is 36. The highest BCUT2D eigenvalue weighted by atomic mass is 16.6. The van der Waals surface area contributed by atoms with Gasteiger partial charge in [-0.15, -0.1) is 0 Å². The Balaban J connectivity index is 4.40. The van der Waals surface area contributed by atoms with Crippen LogP contribution in [0, 0.1) is 0 Å². The van der Waals surface area contributed by atoms with E-state index in [0.29, 0.717) is 19.3 Å². The maximum absolute atomic E-state index is 12.9. The second-order valence-electron chi connectivity index (χ2n) is 22.4. The molecule has 0 heterocycles. The second kappa shape index (κ2) is 66.1. The van der Waals surface area contributed by atoms with Crippen LogP contribution >= 0.6 is 0 Å². The van der Waals surface area contributed by atoms with E-state index in [0.717, 1.165) is 109 Å². The first-order chi connectivity index (χ1) is 38.5. The molecule has 6 heteroatoms. The Morgan fingerprint density at radius 1 is 0.269 bits per heavy atom. The van der Waals surface area contributed by atoms with E-state index in [1.807, 2.05) is 0 Å². The lowest BCUT2D eigenvalue weighted by atomic mass is 10.0. The Labute approximate surface area is 484 Å². The van der Waals surface area contributed by atoms with Gasteiger partial charge in [0, 0.05) is 19.3 Å². The van der Waals surface area contributed by atoms with Gasteiger partial charge < -0.3 is 14.2 Å². The number of carbonyl (C=O) groups is 3. The van der Waals surface area contributed by atoms with E-state index in [4.69, 9.17) is 14.2 Å². The molecule has 0 aromatic carbocycles. The molecular formula is C72H126O6. The Morgan fingerprint density at radius 3 is 0.782 bits per heavy atom. The third-order valence-electron chi connectivity index (χ3n) is 14.7. The summed E-state index contributed by atoms with van der Waals surface area (Å²) in [5.41, 5.74) is 0. The largest absolute Gasteiger partial charge is 0.462 e. The summed E-state index contributed by atoms with van der Waals surface area (Å²) >= 11 is 0. The zero-order chi connectivity index (χ0) is 56.4. The number of ether oxygens (including phenoxy) is 3. The molecule has 0 radical (unpaired) electrons. The van der Waals surface area contributed by atoms with Crippen LogP contribution in [0.5, 0.6) is 0 Å². The van der Waals surface area contributed by atoms with Gasteiger partial charge in [-0.05, 0) is 77.0 Å². The van der Waals surface area contributed by atoms with E-state index >= 15 is 0 Å². The van der Waals surface area contributed by atoms with Crippen LogP contribution < -0.4 is 0 Å². The van der Waals surface area contributed by atoms with Crippen molar-refractivity contribution in [2.45, 2.75) is 341 Å². The normalized spacial score (nSPS) is 12.6. The average molecular weight is 1090 g/mol. The summed E-state index contributed by atoms with van der Waals surface area (Å²) < 4.78 is 16.9. The summed E-state index contributed by atoms with van der Waals surface area (Å²) in [5.74, 6) is -0.897. The van der Waals surface area contributed by atoms with Gasteiger partial charge in [0.2, 0.25) is 0 Å². The van der Waals surface area contributed by atoms with Gasteiger partial charge in [-0.2, -0.15) is 0 Å². The number of rotatable bonds is 61. The van der Waals surface area contributed by atoms with Crippen molar-refractivity contribution in [3.8, 4) is 0 Å². The van der Waals surface area contributed by atoms with Gasteiger partial charge >= 0.3 is 17.9 Å². The first-order valence-electron chi connectivity index (χ1n) is 33.6. The summed E-state index contributed by atoms with van der Waals surface area (Å²) in [4.78, 5) is 38.4.